The predicted octanol–water partition coefficient (Wildman–Crippen LogP) is 3.78. The molecule has 1 heteroatoms. The molecule has 1 unspecified atom stereocenters. The van der Waals surface area contributed by atoms with E-state index in [-0.39, 0.29) is 0 Å². The van der Waals surface area contributed by atoms with Crippen LogP contribution in [0.1, 0.15) is 53.9 Å². The lowest BCUT2D eigenvalue weighted by atomic mass is 9.78. The average Bonchev–Trinajstić information content (AvgIpc) is 1.94. The smallest absolute Gasteiger partial charge is 0.0622 e. The molecule has 1 atom stereocenters. The molecule has 84 valence electrons. The Bertz CT molecular complexity index is 174. The van der Waals surface area contributed by atoms with Crippen LogP contribution in [0.5, 0.6) is 0 Å². The monoisotopic (exact) mass is 198 g/mol. The molecule has 0 aliphatic carbocycles. The van der Waals surface area contributed by atoms with E-state index in [0.29, 0.717) is 11.8 Å². The number of hydrogen-bond acceptors (Lipinski definition) is 1. The Hall–Kier alpha value is -0.300. The minimum Gasteiger partial charge on any atom is -0.390 e. The molecule has 0 aromatic rings. The molecule has 0 bridgehead atoms. The molecule has 0 spiro atoms. The third kappa shape index (κ3) is 5.43. The summed E-state index contributed by atoms with van der Waals surface area (Å²) >= 11 is 0. The van der Waals surface area contributed by atoms with Crippen molar-refractivity contribution in [2.45, 2.75) is 59.5 Å². The highest BCUT2D eigenvalue weighted by Crippen LogP contribution is 2.29. The molecule has 0 heterocycles. The average molecular weight is 198 g/mol. The molecule has 0 radical (unpaired) electrons. The zero-order valence-corrected chi connectivity index (χ0v) is 10.4. The lowest BCUT2D eigenvalue weighted by Crippen LogP contribution is -2.34. The maximum atomic E-state index is 9.99. The fraction of sp³-hybridized carbons (Fsp3) is 0.846. The van der Waals surface area contributed by atoms with E-state index in [0.717, 1.165) is 19.3 Å². The Morgan fingerprint density at radius 1 is 1.36 bits per heavy atom. The van der Waals surface area contributed by atoms with Crippen LogP contribution in [-0.4, -0.2) is 10.7 Å². The summed E-state index contributed by atoms with van der Waals surface area (Å²) in [4.78, 5) is 0. The molecule has 0 rings (SSSR count). The fourth-order valence-corrected chi connectivity index (χ4v) is 2.13. The van der Waals surface area contributed by atoms with Gasteiger partial charge in [-0.2, -0.15) is 0 Å². The van der Waals surface area contributed by atoms with Gasteiger partial charge >= 0.3 is 0 Å². The van der Waals surface area contributed by atoms with E-state index in [9.17, 15) is 5.11 Å². The first-order chi connectivity index (χ1) is 6.25. The zero-order chi connectivity index (χ0) is 11.4. The number of hydrogen-bond donors (Lipinski definition) is 1. The number of aliphatic hydroxyl groups is 1. The van der Waals surface area contributed by atoms with Gasteiger partial charge in [0.15, 0.2) is 0 Å². The first-order valence-electron chi connectivity index (χ1n) is 5.62. The summed E-state index contributed by atoms with van der Waals surface area (Å²) in [5.41, 5.74) is 0.687. The van der Waals surface area contributed by atoms with Crippen LogP contribution < -0.4 is 0 Å². The van der Waals surface area contributed by atoms with Crippen LogP contribution in [0.15, 0.2) is 12.2 Å². The van der Waals surface area contributed by atoms with Crippen molar-refractivity contribution < 1.29 is 5.11 Å². The molecule has 1 nitrogen and oxygen atoms in total. The fourth-order valence-electron chi connectivity index (χ4n) is 2.13. The van der Waals surface area contributed by atoms with Crippen LogP contribution in [0.25, 0.3) is 0 Å². The molecule has 0 aliphatic heterocycles. The molecule has 14 heavy (non-hydrogen) atoms. The van der Waals surface area contributed by atoms with Crippen LogP contribution in [-0.2, 0) is 0 Å². The van der Waals surface area contributed by atoms with E-state index in [1.165, 1.54) is 5.57 Å². The van der Waals surface area contributed by atoms with Gasteiger partial charge in [-0.05, 0) is 51.9 Å². The summed E-state index contributed by atoms with van der Waals surface area (Å²) in [5.74, 6) is 0.932. The Morgan fingerprint density at radius 3 is 2.14 bits per heavy atom. The topological polar surface area (TPSA) is 20.2 Å². The quantitative estimate of drug-likeness (QED) is 0.644. The maximum absolute atomic E-state index is 9.99. The highest BCUT2D eigenvalue weighted by Gasteiger charge is 2.28. The largest absolute Gasteiger partial charge is 0.390 e. The normalized spacial score (nSPS) is 14.5. The summed E-state index contributed by atoms with van der Waals surface area (Å²) in [6.07, 6.45) is 3.31. The van der Waals surface area contributed by atoms with Crippen molar-refractivity contribution in [1.29, 1.82) is 0 Å². The first-order valence-corrected chi connectivity index (χ1v) is 5.62. The molecule has 0 amide bonds. The lowest BCUT2D eigenvalue weighted by Gasteiger charge is -2.32. The van der Waals surface area contributed by atoms with E-state index in [2.05, 4.69) is 27.4 Å². The zero-order valence-electron chi connectivity index (χ0n) is 10.4. The molecule has 0 saturated carbocycles. The van der Waals surface area contributed by atoms with Crippen LogP contribution in [0, 0.1) is 11.8 Å². The first kappa shape index (κ1) is 13.7. The van der Waals surface area contributed by atoms with Gasteiger partial charge in [-0.3, -0.25) is 0 Å². The third-order valence-electron chi connectivity index (χ3n) is 2.83. The Kier molecular flexibility index (Phi) is 5.43. The Morgan fingerprint density at radius 2 is 1.86 bits per heavy atom. The van der Waals surface area contributed by atoms with Crippen molar-refractivity contribution in [2.75, 3.05) is 0 Å². The molecule has 0 aliphatic rings. The van der Waals surface area contributed by atoms with Crippen molar-refractivity contribution in [3.05, 3.63) is 12.2 Å². The van der Waals surface area contributed by atoms with Crippen molar-refractivity contribution >= 4 is 0 Å². The van der Waals surface area contributed by atoms with Gasteiger partial charge in [0.05, 0.1) is 5.60 Å². The van der Waals surface area contributed by atoms with Crippen molar-refractivity contribution in [1.82, 2.24) is 0 Å². The van der Waals surface area contributed by atoms with Crippen LogP contribution in [0.4, 0.5) is 0 Å². The summed E-state index contributed by atoms with van der Waals surface area (Å²) in [7, 11) is 0. The second-order valence-corrected chi connectivity index (χ2v) is 5.35. The van der Waals surface area contributed by atoms with Crippen molar-refractivity contribution in [3.63, 3.8) is 0 Å². The van der Waals surface area contributed by atoms with Crippen LogP contribution >= 0.6 is 0 Å². The minimum atomic E-state index is -0.552. The highest BCUT2D eigenvalue weighted by atomic mass is 16.3. The molecule has 0 aromatic heterocycles. The standard InChI is InChI=1S/C13H26O/c1-10(2)8-7-9-12(11(3)4)13(5,6)14/h11-12,14H,1,7-9H2,2-6H3. The third-order valence-corrected chi connectivity index (χ3v) is 2.83. The van der Waals surface area contributed by atoms with Crippen molar-refractivity contribution in [3.8, 4) is 0 Å². The van der Waals surface area contributed by atoms with E-state index < -0.39 is 5.60 Å². The molecule has 1 N–H and O–H groups in total. The van der Waals surface area contributed by atoms with Gasteiger partial charge in [-0.25, -0.2) is 0 Å². The van der Waals surface area contributed by atoms with Crippen LogP contribution in [0.3, 0.4) is 0 Å². The summed E-state index contributed by atoms with van der Waals surface area (Å²) in [6.45, 7) is 14.2. The Labute approximate surface area is 89.2 Å². The van der Waals surface area contributed by atoms with Gasteiger partial charge in [0.25, 0.3) is 0 Å². The molecular formula is C13H26O. The SMILES string of the molecule is C=C(C)CCCC(C(C)C)C(C)(C)O. The van der Waals surface area contributed by atoms with E-state index in [1.54, 1.807) is 0 Å². The minimum absolute atomic E-state index is 0.391. The lowest BCUT2D eigenvalue weighted by molar-refractivity contribution is -0.00835. The second-order valence-electron chi connectivity index (χ2n) is 5.35. The summed E-state index contributed by atoms with van der Waals surface area (Å²) < 4.78 is 0. The summed E-state index contributed by atoms with van der Waals surface area (Å²) in [6, 6.07) is 0. The van der Waals surface area contributed by atoms with Crippen LogP contribution in [0.2, 0.25) is 0 Å². The molecule has 0 fully saturated rings. The van der Waals surface area contributed by atoms with Crippen molar-refractivity contribution in [2.24, 2.45) is 11.8 Å². The molecular weight excluding hydrogens is 172 g/mol. The van der Waals surface area contributed by atoms with E-state index in [1.807, 2.05) is 13.8 Å². The van der Waals surface area contributed by atoms with Gasteiger partial charge in [-0.15, -0.1) is 6.58 Å². The molecule has 0 saturated heterocycles. The van der Waals surface area contributed by atoms with E-state index >= 15 is 0 Å². The van der Waals surface area contributed by atoms with Gasteiger partial charge in [-0.1, -0.05) is 19.4 Å². The Balaban J connectivity index is 4.06. The predicted molar refractivity (Wildman–Crippen MR) is 63.3 cm³/mol. The highest BCUT2D eigenvalue weighted by molar-refractivity contribution is 4.88. The maximum Gasteiger partial charge on any atom is 0.0622 e. The van der Waals surface area contributed by atoms with E-state index in [4.69, 9.17) is 0 Å². The van der Waals surface area contributed by atoms with Gasteiger partial charge in [0, 0.05) is 0 Å². The number of rotatable bonds is 6. The summed E-state index contributed by atoms with van der Waals surface area (Å²) in [5, 5.41) is 9.99. The van der Waals surface area contributed by atoms with Gasteiger partial charge in [0.2, 0.25) is 0 Å². The number of allylic oxidation sites excluding steroid dienone is 1. The van der Waals surface area contributed by atoms with Gasteiger partial charge in [0.1, 0.15) is 0 Å². The van der Waals surface area contributed by atoms with Gasteiger partial charge < -0.3 is 5.11 Å². The molecule has 0 aromatic carbocycles. The second kappa shape index (κ2) is 5.55.